The van der Waals surface area contributed by atoms with Crippen LogP contribution < -0.4 is 4.74 Å². The van der Waals surface area contributed by atoms with Crippen molar-refractivity contribution in [1.29, 1.82) is 0 Å². The Balaban J connectivity index is 2.43. The minimum absolute atomic E-state index is 0.0298. The van der Waals surface area contributed by atoms with Gasteiger partial charge in [-0.3, -0.25) is 0 Å². The predicted octanol–water partition coefficient (Wildman–Crippen LogP) is 7.05. The van der Waals surface area contributed by atoms with Crippen molar-refractivity contribution in [3.8, 4) is 5.75 Å². The van der Waals surface area contributed by atoms with Crippen molar-refractivity contribution >= 4 is 11.8 Å². The van der Waals surface area contributed by atoms with Crippen LogP contribution >= 0.6 is 0 Å². The van der Waals surface area contributed by atoms with Crippen molar-refractivity contribution in [2.75, 3.05) is 13.7 Å². The van der Waals surface area contributed by atoms with Crippen LogP contribution in [0.5, 0.6) is 5.75 Å². The molecular weight excluding hydrogens is 367 g/mol. The molecular formula is C25H33FO3. The fourth-order valence-electron chi connectivity index (χ4n) is 4.09. The molecule has 0 bridgehead atoms. The zero-order valence-electron chi connectivity index (χ0n) is 18.6. The van der Waals surface area contributed by atoms with Crippen LogP contribution in [0.3, 0.4) is 0 Å². The lowest BCUT2D eigenvalue weighted by Gasteiger charge is -2.36. The number of rotatable bonds is 7. The molecule has 0 heterocycles. The third-order valence-electron chi connectivity index (χ3n) is 5.65. The van der Waals surface area contributed by atoms with Gasteiger partial charge in [-0.25, -0.2) is 9.18 Å². The highest BCUT2D eigenvalue weighted by molar-refractivity contribution is 5.91. The number of allylic oxidation sites excluding steroid dienone is 4. The molecule has 0 saturated heterocycles. The third-order valence-corrected chi connectivity index (χ3v) is 5.65. The maximum absolute atomic E-state index is 15.5. The molecule has 1 aromatic carbocycles. The summed E-state index contributed by atoms with van der Waals surface area (Å²) in [5.41, 5.74) is 4.28. The molecule has 1 aromatic rings. The average Bonchev–Trinajstić information content (AvgIpc) is 2.69. The zero-order chi connectivity index (χ0) is 21.8. The lowest BCUT2D eigenvalue weighted by Crippen LogP contribution is -2.22. The quantitative estimate of drug-likeness (QED) is 0.363. The van der Waals surface area contributed by atoms with E-state index in [0.29, 0.717) is 29.1 Å². The first-order chi connectivity index (χ1) is 13.6. The molecule has 0 aromatic heterocycles. The second kappa shape index (κ2) is 9.43. The predicted molar refractivity (Wildman–Crippen MR) is 117 cm³/mol. The molecule has 0 saturated carbocycles. The first kappa shape index (κ1) is 22.9. The van der Waals surface area contributed by atoms with Gasteiger partial charge >= 0.3 is 5.97 Å². The van der Waals surface area contributed by atoms with Crippen molar-refractivity contribution < 1.29 is 18.7 Å². The molecule has 0 atom stereocenters. The number of hydrogen-bond donors (Lipinski definition) is 0. The Bertz CT molecular complexity index is 859. The fourth-order valence-corrected chi connectivity index (χ4v) is 4.09. The number of carbonyl (C=O) groups is 1. The first-order valence-electron chi connectivity index (χ1n) is 10.3. The summed E-state index contributed by atoms with van der Waals surface area (Å²) in [5.74, 6) is -0.525. The molecule has 2 rings (SSSR count). The van der Waals surface area contributed by atoms with E-state index in [1.165, 1.54) is 18.7 Å². The monoisotopic (exact) mass is 400 g/mol. The van der Waals surface area contributed by atoms with Gasteiger partial charge < -0.3 is 9.47 Å². The van der Waals surface area contributed by atoms with Gasteiger partial charge in [-0.05, 0) is 79.9 Å². The van der Waals surface area contributed by atoms with Gasteiger partial charge in [0.2, 0.25) is 0 Å². The second-order valence-corrected chi connectivity index (χ2v) is 8.36. The van der Waals surface area contributed by atoms with Gasteiger partial charge in [0.25, 0.3) is 0 Å². The first-order valence-corrected chi connectivity index (χ1v) is 10.3. The van der Waals surface area contributed by atoms with Crippen LogP contribution in [-0.2, 0) is 4.74 Å². The Morgan fingerprint density at radius 2 is 2.00 bits per heavy atom. The largest absolute Gasteiger partial charge is 0.496 e. The number of methoxy groups -OCH3 is 1. The molecule has 0 aliphatic heterocycles. The highest BCUT2D eigenvalue weighted by atomic mass is 19.1. The van der Waals surface area contributed by atoms with Crippen molar-refractivity contribution in [3.05, 3.63) is 58.2 Å². The standard InChI is InChI=1S/C25H33FO3/c1-8-14-29-24(27)19-11-12-20(21(15-19)28-7)23(26)18(4)17(3)22-16(2)10-9-13-25(22,5)6/h11-12,15H,3,8-10,13-14H2,1-2,4-7H3/b23-18-. The van der Waals surface area contributed by atoms with Crippen LogP contribution in [-0.4, -0.2) is 19.7 Å². The Morgan fingerprint density at radius 3 is 2.59 bits per heavy atom. The van der Waals surface area contributed by atoms with Crippen LogP contribution in [0.2, 0.25) is 0 Å². The van der Waals surface area contributed by atoms with E-state index < -0.39 is 5.97 Å². The summed E-state index contributed by atoms with van der Waals surface area (Å²) in [6.45, 7) is 14.8. The SMILES string of the molecule is C=C(C1=C(C)CCCC1(C)C)/C(C)=C(\F)c1ccc(C(=O)OCCC)cc1OC. The van der Waals surface area contributed by atoms with Gasteiger partial charge in [0.05, 0.1) is 24.8 Å². The van der Waals surface area contributed by atoms with Crippen LogP contribution in [0.1, 0.15) is 76.2 Å². The van der Waals surface area contributed by atoms with E-state index in [-0.39, 0.29) is 11.2 Å². The molecule has 158 valence electrons. The van der Waals surface area contributed by atoms with Gasteiger partial charge in [-0.2, -0.15) is 0 Å². The van der Waals surface area contributed by atoms with Crippen LogP contribution in [0, 0.1) is 5.41 Å². The highest BCUT2D eigenvalue weighted by Gasteiger charge is 2.31. The van der Waals surface area contributed by atoms with Crippen molar-refractivity contribution in [2.45, 2.75) is 60.3 Å². The van der Waals surface area contributed by atoms with Crippen molar-refractivity contribution in [3.63, 3.8) is 0 Å². The Labute approximate surface area is 174 Å². The number of esters is 1. The highest BCUT2D eigenvalue weighted by Crippen LogP contribution is 2.46. The van der Waals surface area contributed by atoms with E-state index in [1.54, 1.807) is 19.1 Å². The van der Waals surface area contributed by atoms with Crippen molar-refractivity contribution in [1.82, 2.24) is 0 Å². The molecule has 0 N–H and O–H groups in total. The van der Waals surface area contributed by atoms with E-state index in [9.17, 15) is 4.79 Å². The topological polar surface area (TPSA) is 35.5 Å². The molecule has 4 heteroatoms. The number of hydrogen-bond acceptors (Lipinski definition) is 3. The van der Waals surface area contributed by atoms with Crippen LogP contribution in [0.4, 0.5) is 4.39 Å². The third kappa shape index (κ3) is 4.98. The van der Waals surface area contributed by atoms with Gasteiger partial charge in [0, 0.05) is 0 Å². The van der Waals surface area contributed by atoms with E-state index in [0.717, 1.165) is 36.8 Å². The zero-order valence-corrected chi connectivity index (χ0v) is 18.6. The lowest BCUT2D eigenvalue weighted by atomic mass is 9.69. The maximum atomic E-state index is 15.5. The van der Waals surface area contributed by atoms with Crippen molar-refractivity contribution in [2.24, 2.45) is 5.41 Å². The van der Waals surface area contributed by atoms with E-state index in [2.05, 4.69) is 27.4 Å². The summed E-state index contributed by atoms with van der Waals surface area (Å²) < 4.78 is 26.0. The van der Waals surface area contributed by atoms with Gasteiger partial charge in [0.15, 0.2) is 0 Å². The second-order valence-electron chi connectivity index (χ2n) is 8.36. The van der Waals surface area contributed by atoms with Gasteiger partial charge in [-0.1, -0.05) is 32.9 Å². The molecule has 1 aliphatic rings. The Hall–Kier alpha value is -2.36. The fraction of sp³-hybridized carbons (Fsp3) is 0.480. The summed E-state index contributed by atoms with van der Waals surface area (Å²) in [5, 5.41) is 0. The summed E-state index contributed by atoms with van der Waals surface area (Å²) in [4.78, 5) is 12.1. The molecule has 1 aliphatic carbocycles. The summed E-state index contributed by atoms with van der Waals surface area (Å²) in [7, 11) is 1.47. The number of halogens is 1. The molecule has 0 radical (unpaired) electrons. The number of ether oxygens (including phenoxy) is 2. The average molecular weight is 401 g/mol. The number of carbonyl (C=O) groups excluding carboxylic acids is 1. The Kier molecular flexibility index (Phi) is 7.45. The minimum atomic E-state index is -0.438. The summed E-state index contributed by atoms with van der Waals surface area (Å²) >= 11 is 0. The molecule has 0 spiro atoms. The number of benzene rings is 1. The van der Waals surface area contributed by atoms with Gasteiger partial charge in [0.1, 0.15) is 11.6 Å². The molecule has 0 fully saturated rings. The van der Waals surface area contributed by atoms with Crippen LogP contribution in [0.15, 0.2) is 47.1 Å². The molecule has 3 nitrogen and oxygen atoms in total. The molecule has 0 unspecified atom stereocenters. The minimum Gasteiger partial charge on any atom is -0.496 e. The van der Waals surface area contributed by atoms with Crippen LogP contribution in [0.25, 0.3) is 5.83 Å². The normalized spacial score (nSPS) is 16.9. The molecule has 29 heavy (non-hydrogen) atoms. The summed E-state index contributed by atoms with van der Waals surface area (Å²) in [6.07, 6.45) is 3.96. The maximum Gasteiger partial charge on any atom is 0.338 e. The van der Waals surface area contributed by atoms with Gasteiger partial charge in [-0.15, -0.1) is 0 Å². The van der Waals surface area contributed by atoms with E-state index in [4.69, 9.17) is 9.47 Å². The molecule has 0 amide bonds. The smallest absolute Gasteiger partial charge is 0.338 e. The summed E-state index contributed by atoms with van der Waals surface area (Å²) in [6, 6.07) is 4.67. The Morgan fingerprint density at radius 1 is 1.31 bits per heavy atom. The van der Waals surface area contributed by atoms with E-state index >= 15 is 4.39 Å². The van der Waals surface area contributed by atoms with E-state index in [1.807, 2.05) is 6.92 Å². The lowest BCUT2D eigenvalue weighted by molar-refractivity contribution is 0.0504.